The number of carbonyl (C=O) groups is 2. The fourth-order valence-electron chi connectivity index (χ4n) is 1.98. The van der Waals surface area contributed by atoms with Crippen LogP contribution in [0.15, 0.2) is 12.1 Å². The maximum Gasteiger partial charge on any atom is 0.259 e. The highest BCUT2D eigenvalue weighted by molar-refractivity contribution is 6.22. The van der Waals surface area contributed by atoms with Crippen molar-refractivity contribution in [1.29, 1.82) is 0 Å². The van der Waals surface area contributed by atoms with Crippen LogP contribution >= 0.6 is 0 Å². The van der Waals surface area contributed by atoms with Crippen molar-refractivity contribution in [3.63, 3.8) is 0 Å². The van der Waals surface area contributed by atoms with Crippen molar-refractivity contribution in [3.05, 3.63) is 34.4 Å². The molecular weight excluding hydrogens is 166 g/mol. The number of benzene rings is 1. The fourth-order valence-corrected chi connectivity index (χ4v) is 1.98. The molecule has 1 heterocycles. The highest BCUT2D eigenvalue weighted by Crippen LogP contribution is 2.31. The highest BCUT2D eigenvalue weighted by Gasteiger charge is 2.32. The summed E-state index contributed by atoms with van der Waals surface area (Å²) in [6.45, 7) is 0. The van der Waals surface area contributed by atoms with Gasteiger partial charge in [0.15, 0.2) is 0 Å². The van der Waals surface area contributed by atoms with Gasteiger partial charge in [0, 0.05) is 0 Å². The minimum absolute atomic E-state index is 0.225. The summed E-state index contributed by atoms with van der Waals surface area (Å²) in [5.41, 5.74) is 3.45. The van der Waals surface area contributed by atoms with Crippen LogP contribution in [0.2, 0.25) is 0 Å². The third-order valence-electron chi connectivity index (χ3n) is 2.75. The lowest BCUT2D eigenvalue weighted by Crippen LogP contribution is -2.21. The predicted octanol–water partition coefficient (Wildman–Crippen LogP) is 0.669. The third kappa shape index (κ3) is 0.691. The molecule has 0 saturated heterocycles. The second-order valence-electron chi connectivity index (χ2n) is 3.41. The molecule has 1 aromatic rings. The Hall–Kier alpha value is -1.64. The SMILES string of the molecule is O=C1NC(=O)c2c1ccc1c2CC1. The van der Waals surface area contributed by atoms with Gasteiger partial charge in [0.25, 0.3) is 11.8 Å². The molecule has 0 atom stereocenters. The van der Waals surface area contributed by atoms with E-state index in [2.05, 4.69) is 5.32 Å². The van der Waals surface area contributed by atoms with Gasteiger partial charge in [-0.25, -0.2) is 0 Å². The normalized spacial score (nSPS) is 17.5. The molecule has 0 bridgehead atoms. The van der Waals surface area contributed by atoms with E-state index in [1.54, 1.807) is 6.07 Å². The summed E-state index contributed by atoms with van der Waals surface area (Å²) < 4.78 is 0. The van der Waals surface area contributed by atoms with E-state index in [-0.39, 0.29) is 11.8 Å². The number of hydrogen-bond donors (Lipinski definition) is 1. The number of aryl methyl sites for hydroxylation is 1. The average molecular weight is 173 g/mol. The summed E-state index contributed by atoms with van der Waals surface area (Å²) in [6.07, 6.45) is 1.96. The fraction of sp³-hybridized carbons (Fsp3) is 0.200. The quantitative estimate of drug-likeness (QED) is 0.586. The Kier molecular flexibility index (Phi) is 1.05. The number of hydrogen-bond acceptors (Lipinski definition) is 2. The Morgan fingerprint density at radius 2 is 1.92 bits per heavy atom. The Morgan fingerprint density at radius 1 is 1.08 bits per heavy atom. The van der Waals surface area contributed by atoms with Gasteiger partial charge in [0.2, 0.25) is 0 Å². The van der Waals surface area contributed by atoms with Crippen LogP contribution < -0.4 is 5.32 Å². The molecule has 3 heteroatoms. The Morgan fingerprint density at radius 3 is 2.62 bits per heavy atom. The standard InChI is InChI=1S/C10H7NO2/c12-9-7-4-2-5-1-3-6(5)8(7)10(13)11-9/h2,4H,1,3H2,(H,11,12,13). The lowest BCUT2D eigenvalue weighted by Gasteiger charge is -2.20. The van der Waals surface area contributed by atoms with Gasteiger partial charge < -0.3 is 0 Å². The zero-order valence-corrected chi connectivity index (χ0v) is 6.89. The molecule has 0 spiro atoms. The smallest absolute Gasteiger partial charge is 0.259 e. The van der Waals surface area contributed by atoms with Crippen LogP contribution in [0.1, 0.15) is 31.8 Å². The number of carbonyl (C=O) groups excluding carboxylic acids is 2. The van der Waals surface area contributed by atoms with E-state index in [1.807, 2.05) is 6.07 Å². The van der Waals surface area contributed by atoms with Crippen molar-refractivity contribution in [2.45, 2.75) is 12.8 Å². The minimum Gasteiger partial charge on any atom is -0.288 e. The third-order valence-corrected chi connectivity index (χ3v) is 2.75. The van der Waals surface area contributed by atoms with Crippen LogP contribution in [-0.2, 0) is 12.8 Å². The Labute approximate surface area is 74.8 Å². The number of fused-ring (bicyclic) bond motifs is 3. The van der Waals surface area contributed by atoms with E-state index in [4.69, 9.17) is 0 Å². The monoisotopic (exact) mass is 173 g/mol. The van der Waals surface area contributed by atoms with E-state index in [0.717, 1.165) is 18.4 Å². The number of imide groups is 1. The van der Waals surface area contributed by atoms with Crippen molar-refractivity contribution >= 4 is 11.8 Å². The first-order chi connectivity index (χ1) is 6.27. The number of nitrogens with one attached hydrogen (secondary N) is 1. The maximum atomic E-state index is 11.4. The average Bonchev–Trinajstić information content (AvgIpc) is 2.29. The van der Waals surface area contributed by atoms with Crippen LogP contribution in [0, 0.1) is 0 Å². The van der Waals surface area contributed by atoms with Crippen LogP contribution in [0.25, 0.3) is 0 Å². The first kappa shape index (κ1) is 6.83. The van der Waals surface area contributed by atoms with Crippen LogP contribution in [0.4, 0.5) is 0 Å². The summed E-state index contributed by atoms with van der Waals surface area (Å²) in [7, 11) is 0. The largest absolute Gasteiger partial charge is 0.288 e. The van der Waals surface area contributed by atoms with Crippen LogP contribution in [-0.4, -0.2) is 11.8 Å². The second-order valence-corrected chi connectivity index (χ2v) is 3.41. The maximum absolute atomic E-state index is 11.4. The minimum atomic E-state index is -0.255. The summed E-state index contributed by atoms with van der Waals surface area (Å²) in [6, 6.07) is 3.68. The zero-order chi connectivity index (χ0) is 9.00. The second kappa shape index (κ2) is 1.99. The number of amides is 2. The van der Waals surface area contributed by atoms with Crippen molar-refractivity contribution in [2.24, 2.45) is 0 Å². The molecule has 1 aromatic carbocycles. The summed E-state index contributed by atoms with van der Waals surface area (Å²) >= 11 is 0. The molecule has 2 aliphatic rings. The van der Waals surface area contributed by atoms with Gasteiger partial charge in [-0.3, -0.25) is 14.9 Å². The Balaban J connectivity index is 2.36. The van der Waals surface area contributed by atoms with Gasteiger partial charge in [-0.15, -0.1) is 0 Å². The first-order valence-corrected chi connectivity index (χ1v) is 4.28. The molecule has 64 valence electrons. The van der Waals surface area contributed by atoms with Crippen molar-refractivity contribution in [2.75, 3.05) is 0 Å². The van der Waals surface area contributed by atoms with E-state index in [9.17, 15) is 9.59 Å². The zero-order valence-electron chi connectivity index (χ0n) is 6.89. The Bertz CT molecular complexity index is 448. The van der Waals surface area contributed by atoms with Gasteiger partial charge in [0.05, 0.1) is 11.1 Å². The van der Waals surface area contributed by atoms with Crippen LogP contribution in [0.5, 0.6) is 0 Å². The molecule has 3 nitrogen and oxygen atoms in total. The van der Waals surface area contributed by atoms with Gasteiger partial charge in [-0.05, 0) is 30.0 Å². The summed E-state index contributed by atoms with van der Waals surface area (Å²) in [5, 5.41) is 2.31. The van der Waals surface area contributed by atoms with Crippen molar-refractivity contribution in [1.82, 2.24) is 5.32 Å². The molecule has 1 N–H and O–H groups in total. The number of rotatable bonds is 0. The molecular formula is C10H7NO2. The molecule has 0 saturated carbocycles. The predicted molar refractivity (Wildman–Crippen MR) is 45.6 cm³/mol. The van der Waals surface area contributed by atoms with E-state index in [1.165, 1.54) is 5.56 Å². The van der Waals surface area contributed by atoms with Gasteiger partial charge in [-0.1, -0.05) is 6.07 Å². The highest BCUT2D eigenvalue weighted by atomic mass is 16.2. The molecule has 1 aliphatic carbocycles. The van der Waals surface area contributed by atoms with Gasteiger partial charge in [0.1, 0.15) is 0 Å². The van der Waals surface area contributed by atoms with Crippen molar-refractivity contribution in [3.8, 4) is 0 Å². The summed E-state index contributed by atoms with van der Waals surface area (Å²) in [4.78, 5) is 22.6. The summed E-state index contributed by atoms with van der Waals surface area (Å²) in [5.74, 6) is -0.480. The molecule has 3 rings (SSSR count). The van der Waals surface area contributed by atoms with E-state index < -0.39 is 0 Å². The lowest BCUT2D eigenvalue weighted by atomic mass is 9.83. The van der Waals surface area contributed by atoms with Crippen LogP contribution in [0.3, 0.4) is 0 Å². The topological polar surface area (TPSA) is 46.2 Å². The molecule has 0 aromatic heterocycles. The van der Waals surface area contributed by atoms with Gasteiger partial charge in [-0.2, -0.15) is 0 Å². The lowest BCUT2D eigenvalue weighted by molar-refractivity contribution is 0.0879. The molecule has 0 unspecified atom stereocenters. The molecule has 13 heavy (non-hydrogen) atoms. The molecule has 0 fully saturated rings. The van der Waals surface area contributed by atoms with Gasteiger partial charge >= 0.3 is 0 Å². The van der Waals surface area contributed by atoms with E-state index in [0.29, 0.717) is 11.1 Å². The molecule has 0 radical (unpaired) electrons. The molecule has 1 aliphatic heterocycles. The van der Waals surface area contributed by atoms with E-state index >= 15 is 0 Å². The van der Waals surface area contributed by atoms with Crippen molar-refractivity contribution < 1.29 is 9.59 Å². The first-order valence-electron chi connectivity index (χ1n) is 4.28. The molecule has 2 amide bonds.